The third kappa shape index (κ3) is 20.1. The molecule has 80 heavy (non-hydrogen) atoms. The van der Waals surface area contributed by atoms with Gasteiger partial charge >= 0.3 is 18.3 Å². The number of aromatic nitrogens is 4. The number of carbonyl (C=O) groups is 2. The molecule has 0 aliphatic heterocycles. The molecule has 0 radical (unpaired) electrons. The molecule has 15 nitrogen and oxygen atoms in total. The Morgan fingerprint density at radius 2 is 1.04 bits per heavy atom. The first kappa shape index (κ1) is 68.1. The van der Waals surface area contributed by atoms with Crippen LogP contribution in [0.25, 0.3) is 22.5 Å². The molecule has 0 fully saturated rings. The van der Waals surface area contributed by atoms with Crippen LogP contribution in [0.4, 0.5) is 26.3 Å². The van der Waals surface area contributed by atoms with Crippen molar-refractivity contribution < 1.29 is 70.9 Å². The van der Waals surface area contributed by atoms with E-state index >= 15 is 0 Å². The van der Waals surface area contributed by atoms with Crippen molar-refractivity contribution in [3.63, 3.8) is 0 Å². The third-order valence-electron chi connectivity index (χ3n) is 12.0. The van der Waals surface area contributed by atoms with Gasteiger partial charge in [0.1, 0.15) is 34.3 Å². The Hall–Kier alpha value is -6.20. The fourth-order valence-corrected chi connectivity index (χ4v) is 8.13. The minimum atomic E-state index is -4.55. The van der Waals surface area contributed by atoms with E-state index in [9.17, 15) is 51.3 Å². The topological polar surface area (TPSA) is 227 Å². The first-order chi connectivity index (χ1) is 36.8. The molecule has 2 heterocycles. The number of benzene rings is 4. The van der Waals surface area contributed by atoms with Gasteiger partial charge in [-0.15, -0.1) is 0 Å². The number of rotatable bonds is 21. The number of hydrogen-bond acceptors (Lipinski definition) is 11. The van der Waals surface area contributed by atoms with Gasteiger partial charge in [0.2, 0.25) is 0 Å². The zero-order chi connectivity index (χ0) is 59.2. The quantitative estimate of drug-likeness (QED) is 0.0334. The Balaban J connectivity index is 0.000000347. The lowest BCUT2D eigenvalue weighted by atomic mass is 10.0. The number of imidazole rings is 2. The molecule has 0 aliphatic rings. The number of carbonyl (C=O) groups excluding carboxylic acids is 1. The summed E-state index contributed by atoms with van der Waals surface area (Å²) in [5, 5.41) is 50.3. The Kier molecular flexibility index (Phi) is 25.1. The van der Waals surface area contributed by atoms with Crippen molar-refractivity contribution in [2.75, 3.05) is 13.2 Å². The van der Waals surface area contributed by atoms with Crippen LogP contribution in [0.5, 0.6) is 11.5 Å². The lowest BCUT2D eigenvalue weighted by Crippen LogP contribution is -2.37. The molecule has 440 valence electrons. The molecule has 8 N–H and O–H groups in total. The van der Waals surface area contributed by atoms with E-state index in [-0.39, 0.29) is 59.4 Å². The second kappa shape index (κ2) is 29.5. The number of aromatic carboxylic acids is 1. The summed E-state index contributed by atoms with van der Waals surface area (Å²) in [6.45, 7) is 14.0. The lowest BCUT2D eigenvalue weighted by molar-refractivity contribution is -0.189. The predicted molar refractivity (Wildman–Crippen MR) is 296 cm³/mol. The molecule has 0 aliphatic carbocycles. The van der Waals surface area contributed by atoms with Gasteiger partial charge in [0.25, 0.3) is 5.91 Å². The standard InChI is InChI=1S/C28H33ClF3N3O4.C18H27N3O2.C10H8ClF3O3.CH4/c1-5-35-16-23(34-26(35)27(3,4)38)19-8-6-18(7-9-19)14-21(12-13-36)33-25(37)20-10-11-24(22(29)15-20)39-17(2)28(30,31)32;1-4-21-12-16(20-17(21)18(2,3)23)14-7-5-13(6-8-14)11-15(19)9-10-22;1-5(10(12,13)14)17-8-3-2-6(9(15)16)4-7(8)11;/h6-11,15-17,21,36,38H,5,12-14H2,1-4H3,(H,33,37);5-8,12,15,22-23H,4,9-11,19H2,1-3H3;2-5H,1H3,(H,15,16);1H4/t;;5-;/m..1./s1. The molecule has 4 atom stereocenters. The molecule has 0 bridgehead atoms. The van der Waals surface area contributed by atoms with Gasteiger partial charge in [-0.3, -0.25) is 4.79 Å². The van der Waals surface area contributed by atoms with E-state index in [2.05, 4.69) is 20.0 Å². The summed E-state index contributed by atoms with van der Waals surface area (Å²) < 4.78 is 88.3. The number of carboxylic acid groups (broad SMARTS) is 1. The summed E-state index contributed by atoms with van der Waals surface area (Å²) in [5.41, 5.74) is 9.47. The number of hydrogen-bond donors (Lipinski definition) is 7. The summed E-state index contributed by atoms with van der Waals surface area (Å²) in [5.74, 6) is -0.840. The van der Waals surface area contributed by atoms with Crippen LogP contribution in [0, 0.1) is 0 Å². The van der Waals surface area contributed by atoms with E-state index in [4.69, 9.17) is 43.9 Å². The van der Waals surface area contributed by atoms with E-state index in [0.29, 0.717) is 37.5 Å². The molecule has 23 heteroatoms. The fourth-order valence-electron chi connectivity index (χ4n) is 7.68. The largest absolute Gasteiger partial charge is 0.480 e. The zero-order valence-corrected chi connectivity index (χ0v) is 46.5. The summed E-state index contributed by atoms with van der Waals surface area (Å²) in [4.78, 5) is 32.6. The number of nitrogens with zero attached hydrogens (tertiary/aromatic N) is 4. The van der Waals surface area contributed by atoms with Gasteiger partial charge in [-0.1, -0.05) is 79.2 Å². The SMILES string of the molecule is C.CCn1cc(-c2ccc(CC(CCO)NC(=O)c3ccc(OC(C)C(F)(F)F)c(Cl)c3)cc2)nc1C(C)(C)O.CCn1cc(-c2ccc(CC(N)CCO)cc2)nc1C(C)(C)O.C[C@@H](Oc1ccc(C(=O)O)cc1Cl)C(F)(F)F. The van der Waals surface area contributed by atoms with E-state index < -0.39 is 53.7 Å². The van der Waals surface area contributed by atoms with Crippen molar-refractivity contribution in [1.29, 1.82) is 0 Å². The van der Waals surface area contributed by atoms with E-state index in [1.54, 1.807) is 27.7 Å². The second-order valence-electron chi connectivity index (χ2n) is 19.5. The van der Waals surface area contributed by atoms with Crippen molar-refractivity contribution in [2.45, 2.75) is 149 Å². The Morgan fingerprint density at radius 1 is 0.650 bits per heavy atom. The average molecular weight is 1170 g/mol. The van der Waals surface area contributed by atoms with Crippen LogP contribution in [-0.4, -0.2) is 106 Å². The number of nitrogens with two attached hydrogens (primary N) is 1. The van der Waals surface area contributed by atoms with Gasteiger partial charge in [-0.25, -0.2) is 14.8 Å². The second-order valence-corrected chi connectivity index (χ2v) is 20.4. The van der Waals surface area contributed by atoms with Crippen LogP contribution in [0.3, 0.4) is 0 Å². The summed E-state index contributed by atoms with van der Waals surface area (Å²) >= 11 is 11.7. The highest BCUT2D eigenvalue weighted by molar-refractivity contribution is 6.32. The molecular formula is C57H72Cl2F6N6O9. The molecule has 3 unspecified atom stereocenters. The lowest BCUT2D eigenvalue weighted by Gasteiger charge is -2.20. The molecule has 0 saturated carbocycles. The maximum Gasteiger partial charge on any atom is 0.425 e. The normalized spacial score (nSPS) is 13.3. The van der Waals surface area contributed by atoms with Crippen molar-refractivity contribution in [1.82, 2.24) is 24.4 Å². The van der Waals surface area contributed by atoms with Crippen LogP contribution in [0.2, 0.25) is 10.0 Å². The molecular weight excluding hydrogens is 1100 g/mol. The van der Waals surface area contributed by atoms with Crippen LogP contribution < -0.4 is 20.5 Å². The number of nitrogens with one attached hydrogen (secondary N) is 1. The van der Waals surface area contributed by atoms with Crippen LogP contribution in [-0.2, 0) is 37.1 Å². The monoisotopic (exact) mass is 1170 g/mol. The average Bonchev–Trinajstić information content (AvgIpc) is 4.04. The number of ether oxygens (including phenoxy) is 2. The fraction of sp³-hybridized carbons (Fsp3) is 0.439. The highest BCUT2D eigenvalue weighted by Crippen LogP contribution is 2.33. The van der Waals surface area contributed by atoms with Gasteiger partial charge in [-0.05, 0) is 129 Å². The number of aryl methyl sites for hydroxylation is 2. The van der Waals surface area contributed by atoms with Crippen molar-refractivity contribution in [3.8, 4) is 34.0 Å². The van der Waals surface area contributed by atoms with Crippen LogP contribution in [0.15, 0.2) is 97.3 Å². The summed E-state index contributed by atoms with van der Waals surface area (Å²) in [6, 6.07) is 22.4. The Morgan fingerprint density at radius 3 is 1.38 bits per heavy atom. The number of alkyl halides is 6. The summed E-state index contributed by atoms with van der Waals surface area (Å²) in [6.07, 6.45) is -7.18. The van der Waals surface area contributed by atoms with Crippen LogP contribution >= 0.6 is 23.2 Å². The summed E-state index contributed by atoms with van der Waals surface area (Å²) in [7, 11) is 0. The van der Waals surface area contributed by atoms with E-state index in [0.717, 1.165) is 78.7 Å². The first-order valence-electron chi connectivity index (χ1n) is 25.1. The van der Waals surface area contributed by atoms with Gasteiger partial charge in [0, 0.05) is 67.5 Å². The minimum Gasteiger partial charge on any atom is -0.480 e. The zero-order valence-electron chi connectivity index (χ0n) is 45.0. The highest BCUT2D eigenvalue weighted by atomic mass is 35.5. The smallest absolute Gasteiger partial charge is 0.425 e. The Labute approximate surface area is 472 Å². The molecule has 6 aromatic rings. The van der Waals surface area contributed by atoms with Crippen molar-refractivity contribution in [3.05, 3.63) is 141 Å². The molecule has 0 saturated heterocycles. The number of halogens is 8. The van der Waals surface area contributed by atoms with E-state index in [1.165, 1.54) is 18.2 Å². The van der Waals surface area contributed by atoms with E-state index in [1.807, 2.05) is 83.9 Å². The Bertz CT molecular complexity index is 2920. The maximum absolute atomic E-state index is 12.8. The van der Waals surface area contributed by atoms with Gasteiger partial charge in [0.15, 0.2) is 12.2 Å². The highest BCUT2D eigenvalue weighted by Gasteiger charge is 2.39. The van der Waals surface area contributed by atoms with Gasteiger partial charge in [0.05, 0.1) is 27.0 Å². The number of aliphatic hydroxyl groups is 4. The van der Waals surface area contributed by atoms with Gasteiger partial charge in [-0.2, -0.15) is 26.3 Å². The molecule has 4 aromatic carbocycles. The molecule has 2 aromatic heterocycles. The van der Waals surface area contributed by atoms with Crippen molar-refractivity contribution in [2.24, 2.45) is 5.73 Å². The van der Waals surface area contributed by atoms with Crippen LogP contribution in [0.1, 0.15) is 119 Å². The minimum absolute atomic E-state index is 0. The van der Waals surface area contributed by atoms with Gasteiger partial charge < -0.3 is 55.2 Å². The molecule has 0 spiro atoms. The number of aliphatic hydroxyl groups excluding tert-OH is 2. The number of carboxylic acids is 1. The van der Waals surface area contributed by atoms with Crippen molar-refractivity contribution >= 4 is 35.1 Å². The first-order valence-corrected chi connectivity index (χ1v) is 25.9. The number of amides is 1. The predicted octanol–water partition coefficient (Wildman–Crippen LogP) is 11.6. The molecule has 1 amide bonds. The molecule has 6 rings (SSSR count). The third-order valence-corrected chi connectivity index (χ3v) is 12.6. The maximum atomic E-state index is 12.8.